The van der Waals surface area contributed by atoms with Crippen molar-refractivity contribution in [2.24, 2.45) is 17.6 Å². The van der Waals surface area contributed by atoms with E-state index < -0.39 is 0 Å². The van der Waals surface area contributed by atoms with Crippen LogP contribution in [0.1, 0.15) is 63.0 Å². The van der Waals surface area contributed by atoms with Gasteiger partial charge >= 0.3 is 0 Å². The monoisotopic (exact) mass is 290 g/mol. The van der Waals surface area contributed by atoms with Crippen molar-refractivity contribution in [2.45, 2.75) is 64.5 Å². The number of rotatable bonds is 4. The molecule has 2 N–H and O–H groups in total. The fourth-order valence-electron chi connectivity index (χ4n) is 4.38. The lowest BCUT2D eigenvalue weighted by atomic mass is 9.74. The zero-order valence-electron chi connectivity index (χ0n) is 13.6. The van der Waals surface area contributed by atoms with Crippen LogP contribution in [0.5, 0.6) is 0 Å². The van der Waals surface area contributed by atoms with Gasteiger partial charge in [-0.2, -0.15) is 0 Å². The van der Waals surface area contributed by atoms with E-state index in [-0.39, 0.29) is 12.1 Å². The molecule has 1 aliphatic heterocycles. The average Bonchev–Trinajstić information content (AvgIpc) is 2.93. The number of nitrogens with zero attached hydrogens (tertiary/aromatic N) is 1. The molecule has 21 heavy (non-hydrogen) atoms. The van der Waals surface area contributed by atoms with Crippen LogP contribution in [0.15, 0.2) is 16.5 Å². The predicted octanol–water partition coefficient (Wildman–Crippen LogP) is 3.88. The number of hydrogen-bond acceptors (Lipinski definition) is 3. The zero-order valence-corrected chi connectivity index (χ0v) is 13.6. The van der Waals surface area contributed by atoms with E-state index in [4.69, 9.17) is 10.2 Å². The van der Waals surface area contributed by atoms with Gasteiger partial charge in [0.25, 0.3) is 0 Å². The summed E-state index contributed by atoms with van der Waals surface area (Å²) in [6, 6.07) is 4.61. The van der Waals surface area contributed by atoms with Gasteiger partial charge in [0.15, 0.2) is 0 Å². The van der Waals surface area contributed by atoms with Gasteiger partial charge in [0, 0.05) is 12.6 Å². The average molecular weight is 290 g/mol. The summed E-state index contributed by atoms with van der Waals surface area (Å²) in [6.07, 6.45) is 8.05. The summed E-state index contributed by atoms with van der Waals surface area (Å²) >= 11 is 0. The summed E-state index contributed by atoms with van der Waals surface area (Å²) in [4.78, 5) is 2.61. The van der Waals surface area contributed by atoms with Crippen molar-refractivity contribution in [1.29, 1.82) is 0 Å². The Balaban J connectivity index is 1.77. The Kier molecular flexibility index (Phi) is 4.70. The molecule has 2 heterocycles. The van der Waals surface area contributed by atoms with E-state index in [0.717, 1.165) is 29.8 Å². The number of likely N-dealkylation sites (tertiary alicyclic amines) is 1. The van der Waals surface area contributed by atoms with Gasteiger partial charge in [-0.3, -0.25) is 4.90 Å². The van der Waals surface area contributed by atoms with Crippen LogP contribution in [0.4, 0.5) is 0 Å². The number of nitrogens with two attached hydrogens (primary N) is 1. The highest BCUT2D eigenvalue weighted by Gasteiger charge is 2.36. The number of furan rings is 1. The van der Waals surface area contributed by atoms with Gasteiger partial charge in [0.2, 0.25) is 0 Å². The molecule has 3 nitrogen and oxygen atoms in total. The molecule has 3 rings (SSSR count). The fourth-order valence-corrected chi connectivity index (χ4v) is 4.38. The highest BCUT2D eigenvalue weighted by molar-refractivity contribution is 5.12. The maximum atomic E-state index is 6.46. The van der Waals surface area contributed by atoms with E-state index in [2.05, 4.69) is 24.0 Å². The lowest BCUT2D eigenvalue weighted by molar-refractivity contribution is 0.0392. The quantitative estimate of drug-likeness (QED) is 0.915. The molecule has 2 aliphatic rings. The van der Waals surface area contributed by atoms with Crippen LogP contribution in [0.3, 0.4) is 0 Å². The van der Waals surface area contributed by atoms with Crippen LogP contribution in [0.2, 0.25) is 0 Å². The second-order valence-corrected chi connectivity index (χ2v) is 7.05. The first-order valence-electron chi connectivity index (χ1n) is 8.75. The Labute approximate surface area is 128 Å². The summed E-state index contributed by atoms with van der Waals surface area (Å²) in [7, 11) is 0. The number of aryl methyl sites for hydroxylation is 1. The molecule has 4 atom stereocenters. The van der Waals surface area contributed by atoms with Gasteiger partial charge in [0.05, 0.1) is 6.04 Å². The van der Waals surface area contributed by atoms with E-state index in [1.54, 1.807) is 0 Å². The SMILES string of the molecule is CCC(N)C(c1ccc(C)o1)N1CCC2CCCCC2C1. The van der Waals surface area contributed by atoms with Crippen LogP contribution in [-0.4, -0.2) is 24.0 Å². The minimum atomic E-state index is 0.163. The molecule has 1 saturated carbocycles. The number of piperidine rings is 1. The van der Waals surface area contributed by atoms with Gasteiger partial charge in [-0.15, -0.1) is 0 Å². The van der Waals surface area contributed by atoms with Gasteiger partial charge in [-0.05, 0) is 56.7 Å². The molecule has 1 aromatic rings. The predicted molar refractivity (Wildman–Crippen MR) is 86.1 cm³/mol. The molecule has 4 unspecified atom stereocenters. The van der Waals surface area contributed by atoms with Gasteiger partial charge in [0.1, 0.15) is 11.5 Å². The normalized spacial score (nSPS) is 29.9. The van der Waals surface area contributed by atoms with E-state index in [1.807, 2.05) is 6.92 Å². The minimum absolute atomic E-state index is 0.163. The van der Waals surface area contributed by atoms with E-state index in [9.17, 15) is 0 Å². The molecule has 1 aromatic heterocycles. The van der Waals surface area contributed by atoms with Crippen molar-refractivity contribution in [1.82, 2.24) is 4.90 Å². The molecule has 1 saturated heterocycles. The molecule has 0 bridgehead atoms. The molecule has 0 spiro atoms. The van der Waals surface area contributed by atoms with Gasteiger partial charge in [-0.1, -0.05) is 26.2 Å². The summed E-state index contributed by atoms with van der Waals surface area (Å²) in [5.74, 6) is 3.91. The second kappa shape index (κ2) is 6.53. The third-order valence-electron chi connectivity index (χ3n) is 5.65. The van der Waals surface area contributed by atoms with Crippen molar-refractivity contribution >= 4 is 0 Å². The maximum Gasteiger partial charge on any atom is 0.122 e. The standard InChI is InChI=1S/C18H30N2O/c1-3-16(19)18(17-9-8-13(2)21-17)20-11-10-14-6-4-5-7-15(14)12-20/h8-9,14-16,18H,3-7,10-12,19H2,1-2H3. The second-order valence-electron chi connectivity index (χ2n) is 7.05. The van der Waals surface area contributed by atoms with Crippen LogP contribution in [-0.2, 0) is 0 Å². The number of fused-ring (bicyclic) bond motifs is 1. The van der Waals surface area contributed by atoms with Gasteiger partial charge in [-0.25, -0.2) is 0 Å². The first kappa shape index (κ1) is 15.1. The highest BCUT2D eigenvalue weighted by atomic mass is 16.3. The number of hydrogen-bond donors (Lipinski definition) is 1. The van der Waals surface area contributed by atoms with Crippen LogP contribution < -0.4 is 5.73 Å². The fraction of sp³-hybridized carbons (Fsp3) is 0.778. The summed E-state index contributed by atoms with van der Waals surface area (Å²) in [5.41, 5.74) is 6.46. The Morgan fingerprint density at radius 3 is 2.67 bits per heavy atom. The van der Waals surface area contributed by atoms with Crippen molar-refractivity contribution in [2.75, 3.05) is 13.1 Å². The molecule has 2 fully saturated rings. The summed E-state index contributed by atoms with van der Waals surface area (Å²) in [6.45, 7) is 6.59. The van der Waals surface area contributed by atoms with Gasteiger partial charge < -0.3 is 10.2 Å². The lowest BCUT2D eigenvalue weighted by Crippen LogP contribution is -2.48. The first-order valence-corrected chi connectivity index (χ1v) is 8.75. The molecular weight excluding hydrogens is 260 g/mol. The van der Waals surface area contributed by atoms with E-state index >= 15 is 0 Å². The molecule has 0 aromatic carbocycles. The molecule has 3 heteroatoms. The Hall–Kier alpha value is -0.800. The van der Waals surface area contributed by atoms with E-state index in [1.165, 1.54) is 45.2 Å². The third-order valence-corrected chi connectivity index (χ3v) is 5.65. The Bertz CT molecular complexity index is 456. The summed E-state index contributed by atoms with van der Waals surface area (Å²) < 4.78 is 5.94. The molecular formula is C18H30N2O. The minimum Gasteiger partial charge on any atom is -0.465 e. The Morgan fingerprint density at radius 1 is 1.24 bits per heavy atom. The first-order chi connectivity index (χ1) is 10.2. The van der Waals surface area contributed by atoms with Crippen molar-refractivity contribution in [3.05, 3.63) is 23.7 Å². The van der Waals surface area contributed by atoms with Crippen molar-refractivity contribution in [3.8, 4) is 0 Å². The zero-order chi connectivity index (χ0) is 14.8. The van der Waals surface area contributed by atoms with Crippen LogP contribution >= 0.6 is 0 Å². The largest absolute Gasteiger partial charge is 0.465 e. The van der Waals surface area contributed by atoms with Crippen molar-refractivity contribution in [3.63, 3.8) is 0 Å². The topological polar surface area (TPSA) is 42.4 Å². The van der Waals surface area contributed by atoms with E-state index in [0.29, 0.717) is 0 Å². The van der Waals surface area contributed by atoms with Crippen LogP contribution in [0.25, 0.3) is 0 Å². The summed E-state index contributed by atoms with van der Waals surface area (Å²) in [5, 5.41) is 0. The smallest absolute Gasteiger partial charge is 0.122 e. The Morgan fingerprint density at radius 2 is 2.00 bits per heavy atom. The van der Waals surface area contributed by atoms with Crippen LogP contribution in [0, 0.1) is 18.8 Å². The highest BCUT2D eigenvalue weighted by Crippen LogP contribution is 2.39. The lowest BCUT2D eigenvalue weighted by Gasteiger charge is -2.45. The maximum absolute atomic E-state index is 6.46. The molecule has 1 aliphatic carbocycles. The van der Waals surface area contributed by atoms with Crippen molar-refractivity contribution < 1.29 is 4.42 Å². The molecule has 118 valence electrons. The third kappa shape index (κ3) is 3.19. The molecule has 0 radical (unpaired) electrons. The molecule has 0 amide bonds.